The summed E-state index contributed by atoms with van der Waals surface area (Å²) < 4.78 is 11.3. The Kier molecular flexibility index (Phi) is 7.30. The van der Waals surface area contributed by atoms with Gasteiger partial charge >= 0.3 is 6.03 Å². The van der Waals surface area contributed by atoms with Gasteiger partial charge in [0.25, 0.3) is 5.89 Å². The molecule has 0 saturated carbocycles. The van der Waals surface area contributed by atoms with Crippen molar-refractivity contribution in [3.05, 3.63) is 71.2 Å². The maximum atomic E-state index is 13.0. The zero-order valence-electron chi connectivity index (χ0n) is 20.3. The van der Waals surface area contributed by atoms with Crippen molar-refractivity contribution in [3.63, 3.8) is 0 Å². The smallest absolute Gasteiger partial charge is 0.322 e. The van der Waals surface area contributed by atoms with Gasteiger partial charge in [-0.3, -0.25) is 4.90 Å². The molecule has 2 heterocycles. The molecule has 7 heteroatoms. The van der Waals surface area contributed by atoms with E-state index >= 15 is 0 Å². The summed E-state index contributed by atoms with van der Waals surface area (Å²) in [4.78, 5) is 19.5. The largest absolute Gasteiger partial charge is 0.494 e. The number of carbonyl (C=O) groups excluding carboxylic acids is 1. The lowest BCUT2D eigenvalue weighted by atomic mass is 9.93. The Morgan fingerprint density at radius 1 is 1.06 bits per heavy atom. The molecule has 1 atom stereocenters. The van der Waals surface area contributed by atoms with Crippen molar-refractivity contribution in [2.75, 3.05) is 13.2 Å². The number of hydrogen-bond donors (Lipinski definition) is 1. The van der Waals surface area contributed by atoms with Crippen LogP contribution in [0, 0.1) is 0 Å². The molecule has 1 N–H and O–H groups in total. The van der Waals surface area contributed by atoms with E-state index in [1.165, 1.54) is 5.56 Å². The highest BCUT2D eigenvalue weighted by molar-refractivity contribution is 5.86. The maximum Gasteiger partial charge on any atom is 0.322 e. The molecule has 0 saturated heterocycles. The van der Waals surface area contributed by atoms with Crippen molar-refractivity contribution in [1.82, 2.24) is 20.4 Å². The SMILES string of the molecule is CCCCN1C(=O)NC(c2ccc(CC)cc2)C(c2nc(-c3ccc(OCC)cc3)no2)=C1C. The number of carbonyl (C=O) groups is 1. The van der Waals surface area contributed by atoms with E-state index in [4.69, 9.17) is 14.2 Å². The highest BCUT2D eigenvalue weighted by Gasteiger charge is 2.35. The summed E-state index contributed by atoms with van der Waals surface area (Å²) in [6.07, 6.45) is 2.87. The van der Waals surface area contributed by atoms with Crippen LogP contribution < -0.4 is 10.1 Å². The first-order valence-corrected chi connectivity index (χ1v) is 12.0. The van der Waals surface area contributed by atoms with Crippen LogP contribution in [0.3, 0.4) is 0 Å². The van der Waals surface area contributed by atoms with Gasteiger partial charge in [-0.05, 0) is 62.1 Å². The van der Waals surface area contributed by atoms with Crippen molar-refractivity contribution in [3.8, 4) is 17.1 Å². The summed E-state index contributed by atoms with van der Waals surface area (Å²) in [6.45, 7) is 9.39. The van der Waals surface area contributed by atoms with Crippen LogP contribution in [0.5, 0.6) is 5.75 Å². The Bertz CT molecular complexity index is 1150. The molecule has 1 unspecified atom stereocenters. The number of urea groups is 1. The van der Waals surface area contributed by atoms with Crippen LogP contribution in [-0.4, -0.2) is 34.2 Å². The molecule has 0 aliphatic carbocycles. The minimum Gasteiger partial charge on any atom is -0.494 e. The standard InChI is InChI=1S/C27H32N4O3/c1-5-8-17-31-18(4)23(24(28-27(31)32)20-11-9-19(6-2)10-12-20)26-29-25(30-34-26)21-13-15-22(16-14-21)33-7-3/h9-16,24H,5-8,17H2,1-4H3,(H,28,32). The number of nitrogens with zero attached hydrogens (tertiary/aromatic N) is 3. The van der Waals surface area contributed by atoms with Gasteiger partial charge in [0.1, 0.15) is 5.75 Å². The topological polar surface area (TPSA) is 80.5 Å². The number of ether oxygens (including phenoxy) is 1. The first kappa shape index (κ1) is 23.5. The van der Waals surface area contributed by atoms with Crippen molar-refractivity contribution in [2.24, 2.45) is 0 Å². The lowest BCUT2D eigenvalue weighted by Gasteiger charge is -2.35. The number of unbranched alkanes of at least 4 members (excludes halogenated alkanes) is 1. The quantitative estimate of drug-likeness (QED) is 0.424. The Morgan fingerprint density at radius 2 is 1.79 bits per heavy atom. The average molecular weight is 461 g/mol. The summed E-state index contributed by atoms with van der Waals surface area (Å²) in [6, 6.07) is 15.4. The Labute approximate surface area is 200 Å². The van der Waals surface area contributed by atoms with E-state index < -0.39 is 0 Å². The number of hydrogen-bond acceptors (Lipinski definition) is 5. The third-order valence-electron chi connectivity index (χ3n) is 6.13. The fourth-order valence-electron chi connectivity index (χ4n) is 4.16. The van der Waals surface area contributed by atoms with E-state index in [2.05, 4.69) is 48.6 Å². The van der Waals surface area contributed by atoms with Crippen LogP contribution in [-0.2, 0) is 6.42 Å². The molecule has 34 heavy (non-hydrogen) atoms. The van der Waals surface area contributed by atoms with E-state index in [1.54, 1.807) is 4.90 Å². The third kappa shape index (κ3) is 4.83. The Balaban J connectivity index is 1.73. The van der Waals surface area contributed by atoms with Gasteiger partial charge in [-0.15, -0.1) is 0 Å². The number of amides is 2. The molecule has 3 aromatic rings. The monoisotopic (exact) mass is 460 g/mol. The maximum absolute atomic E-state index is 13.0. The summed E-state index contributed by atoms with van der Waals surface area (Å²) in [5.74, 6) is 1.70. The molecule has 1 aliphatic rings. The normalized spacial score (nSPS) is 16.1. The van der Waals surface area contributed by atoms with Gasteiger partial charge in [0.2, 0.25) is 5.82 Å². The van der Waals surface area contributed by atoms with E-state index in [0.717, 1.165) is 47.4 Å². The van der Waals surface area contributed by atoms with Crippen LogP contribution in [0.1, 0.15) is 63.6 Å². The fourth-order valence-corrected chi connectivity index (χ4v) is 4.16. The van der Waals surface area contributed by atoms with E-state index in [1.807, 2.05) is 38.1 Å². The van der Waals surface area contributed by atoms with Crippen LogP contribution in [0.2, 0.25) is 0 Å². The number of benzene rings is 2. The zero-order chi connectivity index (χ0) is 24.1. The zero-order valence-corrected chi connectivity index (χ0v) is 20.3. The minimum absolute atomic E-state index is 0.106. The summed E-state index contributed by atoms with van der Waals surface area (Å²) in [5, 5.41) is 7.40. The fraction of sp³-hybridized carbons (Fsp3) is 0.370. The van der Waals surface area contributed by atoms with Crippen molar-refractivity contribution in [2.45, 2.75) is 53.0 Å². The highest BCUT2D eigenvalue weighted by atomic mass is 16.5. The first-order chi connectivity index (χ1) is 16.5. The second kappa shape index (κ2) is 10.5. The lowest BCUT2D eigenvalue weighted by molar-refractivity contribution is 0.204. The number of aryl methyl sites for hydroxylation is 1. The molecule has 1 aromatic heterocycles. The van der Waals surface area contributed by atoms with Gasteiger partial charge in [-0.25, -0.2) is 4.79 Å². The molecular weight excluding hydrogens is 428 g/mol. The molecule has 0 fully saturated rings. The van der Waals surface area contributed by atoms with E-state index in [0.29, 0.717) is 24.9 Å². The highest BCUT2D eigenvalue weighted by Crippen LogP contribution is 2.37. The number of nitrogens with one attached hydrogen (secondary N) is 1. The van der Waals surface area contributed by atoms with Crippen molar-refractivity contribution >= 4 is 11.6 Å². The minimum atomic E-state index is -0.370. The van der Waals surface area contributed by atoms with Crippen LogP contribution in [0.15, 0.2) is 58.8 Å². The van der Waals surface area contributed by atoms with Gasteiger partial charge in [0.15, 0.2) is 0 Å². The van der Waals surface area contributed by atoms with Gasteiger partial charge < -0.3 is 14.6 Å². The molecule has 1 aliphatic heterocycles. The van der Waals surface area contributed by atoms with E-state index in [9.17, 15) is 4.79 Å². The van der Waals surface area contributed by atoms with Gasteiger partial charge in [-0.2, -0.15) is 4.98 Å². The first-order valence-electron chi connectivity index (χ1n) is 12.0. The van der Waals surface area contributed by atoms with Crippen LogP contribution >= 0.6 is 0 Å². The number of aromatic nitrogens is 2. The molecule has 4 rings (SSSR count). The molecule has 2 aromatic carbocycles. The molecule has 178 valence electrons. The molecule has 7 nitrogen and oxygen atoms in total. The molecule has 0 radical (unpaired) electrons. The summed E-state index contributed by atoms with van der Waals surface area (Å²) >= 11 is 0. The molecule has 2 amide bonds. The molecular formula is C27H32N4O3. The van der Waals surface area contributed by atoms with Gasteiger partial charge in [0, 0.05) is 17.8 Å². The van der Waals surface area contributed by atoms with Crippen molar-refractivity contribution in [1.29, 1.82) is 0 Å². The summed E-state index contributed by atoms with van der Waals surface area (Å²) in [5.41, 5.74) is 4.72. The third-order valence-corrected chi connectivity index (χ3v) is 6.13. The second-order valence-corrected chi connectivity index (χ2v) is 8.36. The molecule has 0 spiro atoms. The lowest BCUT2D eigenvalue weighted by Crippen LogP contribution is -2.46. The predicted molar refractivity (Wildman–Crippen MR) is 132 cm³/mol. The Hall–Kier alpha value is -3.61. The van der Waals surface area contributed by atoms with Gasteiger partial charge in [0.05, 0.1) is 18.2 Å². The van der Waals surface area contributed by atoms with Crippen molar-refractivity contribution < 1.29 is 14.1 Å². The molecule has 0 bridgehead atoms. The predicted octanol–water partition coefficient (Wildman–Crippen LogP) is 6.00. The number of rotatable bonds is 9. The van der Waals surface area contributed by atoms with E-state index in [-0.39, 0.29) is 12.1 Å². The van der Waals surface area contributed by atoms with Crippen LogP contribution in [0.4, 0.5) is 4.79 Å². The van der Waals surface area contributed by atoms with Crippen LogP contribution in [0.25, 0.3) is 17.0 Å². The average Bonchev–Trinajstić information content (AvgIpc) is 3.34. The Morgan fingerprint density at radius 3 is 2.44 bits per heavy atom. The van der Waals surface area contributed by atoms with Gasteiger partial charge in [-0.1, -0.05) is 49.7 Å². The number of allylic oxidation sites excluding steroid dienone is 1. The summed E-state index contributed by atoms with van der Waals surface area (Å²) in [7, 11) is 0. The second-order valence-electron chi connectivity index (χ2n) is 8.36.